The van der Waals surface area contributed by atoms with Crippen LogP contribution in [0.15, 0.2) is 42.6 Å². The number of fused-ring (bicyclic) bond motifs is 1. The molecule has 1 amide bonds. The number of hydrogen-bond acceptors (Lipinski definition) is 5. The van der Waals surface area contributed by atoms with E-state index in [2.05, 4.69) is 27.2 Å². The minimum Gasteiger partial charge on any atom is -0.445 e. The topological polar surface area (TPSA) is 83.1 Å². The molecular weight excluding hydrogens is 378 g/mol. The summed E-state index contributed by atoms with van der Waals surface area (Å²) in [6.45, 7) is 3.62. The minimum absolute atomic E-state index is 0.0529. The van der Waals surface area contributed by atoms with Gasteiger partial charge >= 0.3 is 6.09 Å². The number of anilines is 1. The Morgan fingerprint density at radius 3 is 2.93 bits per heavy atom. The lowest BCUT2D eigenvalue weighted by molar-refractivity contribution is 0.0783. The van der Waals surface area contributed by atoms with E-state index < -0.39 is 0 Å². The molecule has 2 aromatic heterocycles. The number of ether oxygens (including phenoxy) is 1. The Labute approximate surface area is 168 Å². The van der Waals surface area contributed by atoms with Gasteiger partial charge in [-0.15, -0.1) is 0 Å². The molecule has 0 radical (unpaired) electrons. The molecule has 0 saturated carbocycles. The maximum atomic E-state index is 12.6. The Bertz CT molecular complexity index is 962. The van der Waals surface area contributed by atoms with E-state index in [9.17, 15) is 4.79 Å². The standard InChI is InChI=1S/C20H22ClN5O2/c1-13-9-15(23-18-16-7-8-22-17(16)24-19(21)25-18)11-26(10-13)20(27)28-12-14-5-3-2-4-6-14/h2-8,13,15H,9-12H2,1H3,(H2,22,23,24,25)/t13-,15-/m1/s1. The molecule has 7 nitrogen and oxygen atoms in total. The van der Waals surface area contributed by atoms with Crippen molar-refractivity contribution in [3.05, 3.63) is 53.4 Å². The summed E-state index contributed by atoms with van der Waals surface area (Å²) in [5, 5.41) is 4.49. The first-order valence-corrected chi connectivity index (χ1v) is 9.69. The lowest BCUT2D eigenvalue weighted by Crippen LogP contribution is -2.48. The molecular formula is C20H22ClN5O2. The van der Waals surface area contributed by atoms with Crippen molar-refractivity contribution in [1.29, 1.82) is 0 Å². The molecule has 2 atom stereocenters. The predicted molar refractivity (Wildman–Crippen MR) is 108 cm³/mol. The van der Waals surface area contributed by atoms with Crippen molar-refractivity contribution in [3.8, 4) is 0 Å². The summed E-state index contributed by atoms with van der Waals surface area (Å²) in [5.41, 5.74) is 1.66. The third kappa shape index (κ3) is 4.20. The predicted octanol–water partition coefficient (Wildman–Crippen LogP) is 4.07. The van der Waals surface area contributed by atoms with Gasteiger partial charge in [0.1, 0.15) is 18.1 Å². The molecule has 0 bridgehead atoms. The molecule has 2 N–H and O–H groups in total. The first-order chi connectivity index (χ1) is 13.6. The molecule has 3 heterocycles. The fraction of sp³-hybridized carbons (Fsp3) is 0.350. The lowest BCUT2D eigenvalue weighted by atomic mass is 9.96. The molecule has 0 unspecified atom stereocenters. The van der Waals surface area contributed by atoms with Gasteiger partial charge < -0.3 is 19.9 Å². The average Bonchev–Trinajstić information content (AvgIpc) is 3.15. The third-order valence-electron chi connectivity index (χ3n) is 4.85. The van der Waals surface area contributed by atoms with Crippen molar-refractivity contribution in [2.24, 2.45) is 5.92 Å². The second-order valence-corrected chi connectivity index (χ2v) is 7.55. The van der Waals surface area contributed by atoms with Crippen molar-refractivity contribution in [3.63, 3.8) is 0 Å². The molecule has 1 aliphatic rings. The molecule has 3 aromatic rings. The van der Waals surface area contributed by atoms with Crippen LogP contribution in [0.2, 0.25) is 5.28 Å². The van der Waals surface area contributed by atoms with E-state index in [-0.39, 0.29) is 24.0 Å². The highest BCUT2D eigenvalue weighted by molar-refractivity contribution is 6.28. The number of amides is 1. The number of piperidine rings is 1. The highest BCUT2D eigenvalue weighted by atomic mass is 35.5. The zero-order valence-electron chi connectivity index (χ0n) is 15.6. The molecule has 1 saturated heterocycles. The number of likely N-dealkylation sites (tertiary alicyclic amines) is 1. The summed E-state index contributed by atoms with van der Waals surface area (Å²) in [4.78, 5) is 25.9. The summed E-state index contributed by atoms with van der Waals surface area (Å²) in [7, 11) is 0. The van der Waals surface area contributed by atoms with E-state index in [1.165, 1.54) is 0 Å². The van der Waals surface area contributed by atoms with Crippen LogP contribution in [0.3, 0.4) is 0 Å². The van der Waals surface area contributed by atoms with Gasteiger partial charge in [0.2, 0.25) is 5.28 Å². The van der Waals surface area contributed by atoms with E-state index in [1.807, 2.05) is 36.4 Å². The van der Waals surface area contributed by atoms with Gasteiger partial charge in [-0.3, -0.25) is 0 Å². The van der Waals surface area contributed by atoms with Crippen LogP contribution in [-0.2, 0) is 11.3 Å². The van der Waals surface area contributed by atoms with Crippen molar-refractivity contribution in [2.45, 2.75) is 26.0 Å². The number of aromatic nitrogens is 3. The Hall–Kier alpha value is -2.80. The van der Waals surface area contributed by atoms with E-state index >= 15 is 0 Å². The van der Waals surface area contributed by atoms with Crippen LogP contribution < -0.4 is 5.32 Å². The molecule has 146 valence electrons. The molecule has 0 aliphatic carbocycles. The summed E-state index contributed by atoms with van der Waals surface area (Å²) >= 11 is 6.04. The number of halogens is 1. The van der Waals surface area contributed by atoms with Gasteiger partial charge in [0, 0.05) is 25.3 Å². The fourth-order valence-electron chi connectivity index (χ4n) is 3.63. The lowest BCUT2D eigenvalue weighted by Gasteiger charge is -2.36. The number of rotatable bonds is 4. The Morgan fingerprint density at radius 1 is 1.29 bits per heavy atom. The molecule has 4 rings (SSSR count). The number of aromatic amines is 1. The van der Waals surface area contributed by atoms with Crippen LogP contribution in [0.1, 0.15) is 18.9 Å². The monoisotopic (exact) mass is 399 g/mol. The van der Waals surface area contributed by atoms with Crippen LogP contribution in [0.25, 0.3) is 11.0 Å². The smallest absolute Gasteiger partial charge is 0.410 e. The van der Waals surface area contributed by atoms with Gasteiger partial charge in [-0.1, -0.05) is 37.3 Å². The first kappa shape index (κ1) is 18.6. The van der Waals surface area contributed by atoms with Crippen LogP contribution in [0.5, 0.6) is 0 Å². The van der Waals surface area contributed by atoms with Crippen molar-refractivity contribution in [1.82, 2.24) is 19.9 Å². The van der Waals surface area contributed by atoms with Gasteiger partial charge in [0.25, 0.3) is 0 Å². The summed E-state index contributed by atoms with van der Waals surface area (Å²) in [6.07, 6.45) is 2.43. The zero-order chi connectivity index (χ0) is 19.5. The Balaban J connectivity index is 1.42. The van der Waals surface area contributed by atoms with E-state index in [4.69, 9.17) is 16.3 Å². The van der Waals surface area contributed by atoms with Crippen molar-refractivity contribution in [2.75, 3.05) is 18.4 Å². The number of hydrogen-bond donors (Lipinski definition) is 2. The van der Waals surface area contributed by atoms with Crippen molar-refractivity contribution < 1.29 is 9.53 Å². The van der Waals surface area contributed by atoms with Crippen LogP contribution in [-0.4, -0.2) is 45.1 Å². The summed E-state index contributed by atoms with van der Waals surface area (Å²) in [5.74, 6) is 1.02. The number of carbonyl (C=O) groups excluding carboxylic acids is 1. The number of nitrogens with one attached hydrogen (secondary N) is 2. The highest BCUT2D eigenvalue weighted by Crippen LogP contribution is 2.25. The molecule has 28 heavy (non-hydrogen) atoms. The van der Waals surface area contributed by atoms with Crippen molar-refractivity contribution >= 4 is 34.5 Å². The van der Waals surface area contributed by atoms with Crippen LogP contribution >= 0.6 is 11.6 Å². The summed E-state index contributed by atoms with van der Waals surface area (Å²) < 4.78 is 5.50. The van der Waals surface area contributed by atoms with Gasteiger partial charge in [-0.2, -0.15) is 4.98 Å². The SMILES string of the molecule is C[C@@H]1C[C@@H](Nc2nc(Cl)nc3[nH]ccc23)CN(C(=O)OCc2ccccc2)C1. The Kier molecular flexibility index (Phi) is 5.34. The fourth-order valence-corrected chi connectivity index (χ4v) is 3.80. The molecule has 8 heteroatoms. The van der Waals surface area contributed by atoms with Gasteiger partial charge in [0.15, 0.2) is 0 Å². The zero-order valence-corrected chi connectivity index (χ0v) is 16.3. The van der Waals surface area contributed by atoms with E-state index in [1.54, 1.807) is 11.1 Å². The van der Waals surface area contributed by atoms with E-state index in [0.717, 1.165) is 17.4 Å². The van der Waals surface area contributed by atoms with Gasteiger partial charge in [-0.05, 0) is 35.6 Å². The maximum Gasteiger partial charge on any atom is 0.410 e. The number of carbonyl (C=O) groups is 1. The van der Waals surface area contributed by atoms with Gasteiger partial charge in [0.05, 0.1) is 5.39 Å². The number of benzene rings is 1. The summed E-state index contributed by atoms with van der Waals surface area (Å²) in [6, 6.07) is 11.6. The first-order valence-electron chi connectivity index (χ1n) is 9.31. The van der Waals surface area contributed by atoms with Crippen LogP contribution in [0.4, 0.5) is 10.6 Å². The second kappa shape index (κ2) is 8.06. The molecule has 0 spiro atoms. The van der Waals surface area contributed by atoms with E-state index in [0.29, 0.717) is 30.5 Å². The van der Waals surface area contributed by atoms with Crippen LogP contribution in [0, 0.1) is 5.92 Å². The molecule has 1 aromatic carbocycles. The maximum absolute atomic E-state index is 12.6. The van der Waals surface area contributed by atoms with Gasteiger partial charge in [-0.25, -0.2) is 9.78 Å². The number of nitrogens with zero attached hydrogens (tertiary/aromatic N) is 3. The third-order valence-corrected chi connectivity index (χ3v) is 5.02. The normalized spacial score (nSPS) is 19.6. The highest BCUT2D eigenvalue weighted by Gasteiger charge is 2.29. The molecule has 1 fully saturated rings. The largest absolute Gasteiger partial charge is 0.445 e. The Morgan fingerprint density at radius 2 is 2.11 bits per heavy atom. The minimum atomic E-state index is -0.297. The number of H-pyrrole nitrogens is 1. The average molecular weight is 400 g/mol. The quantitative estimate of drug-likeness (QED) is 0.646. The molecule has 1 aliphatic heterocycles. The second-order valence-electron chi connectivity index (χ2n) is 7.21.